The van der Waals surface area contributed by atoms with E-state index < -0.39 is 11.6 Å². The van der Waals surface area contributed by atoms with E-state index in [1.54, 1.807) is 24.3 Å². The predicted molar refractivity (Wildman–Crippen MR) is 125 cm³/mol. The fourth-order valence-electron chi connectivity index (χ4n) is 3.38. The molecular weight excluding hydrogens is 410 g/mol. The Hall–Kier alpha value is -2.43. The van der Waals surface area contributed by atoms with Crippen LogP contribution in [0, 0.1) is 17.6 Å². The Kier molecular flexibility index (Phi) is 11.2. The van der Waals surface area contributed by atoms with Crippen molar-refractivity contribution >= 4 is 5.97 Å². The van der Waals surface area contributed by atoms with Gasteiger partial charge in [-0.1, -0.05) is 71.4 Å². The number of hydrogen-bond donors (Lipinski definition) is 0. The SMILES string of the molecule is CCCCCCCCOc1ccc(-c2ccc(OC(=O)CCC(C)CC)cc2)c(F)c1F. The molecule has 0 bridgehead atoms. The van der Waals surface area contributed by atoms with Crippen molar-refractivity contribution in [2.75, 3.05) is 6.61 Å². The molecule has 2 aromatic rings. The number of unbranched alkanes of at least 4 members (excludes halogenated alkanes) is 5. The lowest BCUT2D eigenvalue weighted by Crippen LogP contribution is -2.09. The van der Waals surface area contributed by atoms with Gasteiger partial charge in [0.05, 0.1) is 6.61 Å². The first-order valence-corrected chi connectivity index (χ1v) is 11.9. The first-order valence-electron chi connectivity index (χ1n) is 11.9. The van der Waals surface area contributed by atoms with Gasteiger partial charge < -0.3 is 9.47 Å². The van der Waals surface area contributed by atoms with Crippen LogP contribution in [0.2, 0.25) is 0 Å². The summed E-state index contributed by atoms with van der Waals surface area (Å²) >= 11 is 0. The highest BCUT2D eigenvalue weighted by molar-refractivity contribution is 5.73. The zero-order valence-corrected chi connectivity index (χ0v) is 19.6. The Balaban J connectivity index is 1.91. The molecule has 0 aromatic heterocycles. The highest BCUT2D eigenvalue weighted by Crippen LogP contribution is 2.31. The van der Waals surface area contributed by atoms with E-state index in [2.05, 4.69) is 20.8 Å². The first-order chi connectivity index (χ1) is 15.5. The van der Waals surface area contributed by atoms with E-state index in [1.807, 2.05) is 0 Å². The Morgan fingerprint density at radius 2 is 1.59 bits per heavy atom. The number of halogens is 2. The molecule has 0 radical (unpaired) electrons. The minimum atomic E-state index is -0.978. The maximum absolute atomic E-state index is 14.6. The molecule has 0 amide bonds. The van der Waals surface area contributed by atoms with Crippen LogP contribution in [0.4, 0.5) is 8.78 Å². The van der Waals surface area contributed by atoms with Gasteiger partial charge in [-0.2, -0.15) is 4.39 Å². The van der Waals surface area contributed by atoms with Crippen LogP contribution in [0.5, 0.6) is 11.5 Å². The maximum atomic E-state index is 14.6. The Morgan fingerprint density at radius 3 is 2.28 bits per heavy atom. The number of benzene rings is 2. The van der Waals surface area contributed by atoms with Crippen LogP contribution in [0.25, 0.3) is 11.1 Å². The second kappa shape index (κ2) is 13.9. The molecule has 3 nitrogen and oxygen atoms in total. The van der Waals surface area contributed by atoms with E-state index in [9.17, 15) is 13.6 Å². The molecule has 0 aliphatic rings. The molecule has 0 fully saturated rings. The molecule has 0 aliphatic heterocycles. The molecule has 0 N–H and O–H groups in total. The number of rotatable bonds is 14. The fraction of sp³-hybridized carbons (Fsp3) is 0.519. The molecule has 176 valence electrons. The van der Waals surface area contributed by atoms with Crippen molar-refractivity contribution in [3.05, 3.63) is 48.0 Å². The third-order valence-corrected chi connectivity index (χ3v) is 5.74. The van der Waals surface area contributed by atoms with Crippen LogP contribution in [0.15, 0.2) is 36.4 Å². The van der Waals surface area contributed by atoms with Gasteiger partial charge >= 0.3 is 5.97 Å². The van der Waals surface area contributed by atoms with E-state index in [-0.39, 0.29) is 17.3 Å². The summed E-state index contributed by atoms with van der Waals surface area (Å²) in [5.41, 5.74) is 0.646. The topological polar surface area (TPSA) is 35.5 Å². The van der Waals surface area contributed by atoms with Crippen molar-refractivity contribution in [3.63, 3.8) is 0 Å². The molecular formula is C27H36F2O3. The van der Waals surface area contributed by atoms with Crippen molar-refractivity contribution in [2.45, 2.75) is 78.6 Å². The smallest absolute Gasteiger partial charge is 0.311 e. The molecule has 1 atom stereocenters. The summed E-state index contributed by atoms with van der Waals surface area (Å²) in [6, 6.07) is 9.40. The Labute approximate surface area is 191 Å². The number of ether oxygens (including phenoxy) is 2. The average molecular weight is 447 g/mol. The third-order valence-electron chi connectivity index (χ3n) is 5.74. The molecule has 5 heteroatoms. The van der Waals surface area contributed by atoms with Gasteiger partial charge in [-0.05, 0) is 48.6 Å². The third kappa shape index (κ3) is 8.25. The lowest BCUT2D eigenvalue weighted by molar-refractivity contribution is -0.134. The number of esters is 1. The van der Waals surface area contributed by atoms with Crippen LogP contribution in [0.1, 0.15) is 78.6 Å². The van der Waals surface area contributed by atoms with Gasteiger partial charge in [0.2, 0.25) is 5.82 Å². The summed E-state index contributed by atoms with van der Waals surface area (Å²) in [6.07, 6.45) is 8.76. The minimum Gasteiger partial charge on any atom is -0.490 e. The van der Waals surface area contributed by atoms with Gasteiger partial charge in [-0.3, -0.25) is 4.79 Å². The summed E-state index contributed by atoms with van der Waals surface area (Å²) in [5.74, 6) is -1.41. The number of hydrogen-bond acceptors (Lipinski definition) is 3. The summed E-state index contributed by atoms with van der Waals surface area (Å²) in [4.78, 5) is 12.0. The Morgan fingerprint density at radius 1 is 0.906 bits per heavy atom. The molecule has 0 saturated carbocycles. The van der Waals surface area contributed by atoms with Gasteiger partial charge in [0.1, 0.15) is 5.75 Å². The lowest BCUT2D eigenvalue weighted by Gasteiger charge is -2.11. The summed E-state index contributed by atoms with van der Waals surface area (Å²) in [6.45, 7) is 6.73. The van der Waals surface area contributed by atoms with E-state index in [0.29, 0.717) is 30.3 Å². The van der Waals surface area contributed by atoms with Gasteiger partial charge in [0.25, 0.3) is 0 Å². The van der Waals surface area contributed by atoms with E-state index in [1.165, 1.54) is 31.4 Å². The highest BCUT2D eigenvalue weighted by atomic mass is 19.2. The second-order valence-corrected chi connectivity index (χ2v) is 8.41. The van der Waals surface area contributed by atoms with Crippen LogP contribution < -0.4 is 9.47 Å². The molecule has 0 heterocycles. The normalized spacial score (nSPS) is 11.9. The predicted octanol–water partition coefficient (Wildman–Crippen LogP) is 8.10. The van der Waals surface area contributed by atoms with Crippen molar-refractivity contribution < 1.29 is 23.0 Å². The summed E-state index contributed by atoms with van der Waals surface area (Å²) in [5, 5.41) is 0. The largest absolute Gasteiger partial charge is 0.490 e. The molecule has 0 spiro atoms. The molecule has 2 aromatic carbocycles. The number of carbonyl (C=O) groups is 1. The van der Waals surface area contributed by atoms with Gasteiger partial charge in [0, 0.05) is 12.0 Å². The summed E-state index contributed by atoms with van der Waals surface area (Å²) < 4.78 is 39.9. The molecule has 0 saturated heterocycles. The molecule has 2 rings (SSSR count). The van der Waals surface area contributed by atoms with Crippen LogP contribution >= 0.6 is 0 Å². The van der Waals surface area contributed by atoms with Crippen molar-refractivity contribution in [1.82, 2.24) is 0 Å². The quantitative estimate of drug-likeness (QED) is 0.167. The van der Waals surface area contributed by atoms with E-state index in [4.69, 9.17) is 9.47 Å². The van der Waals surface area contributed by atoms with Gasteiger partial charge in [0.15, 0.2) is 11.6 Å². The average Bonchev–Trinajstić information content (AvgIpc) is 2.80. The summed E-state index contributed by atoms with van der Waals surface area (Å²) in [7, 11) is 0. The minimum absolute atomic E-state index is 0.0633. The molecule has 0 aliphatic carbocycles. The lowest BCUT2D eigenvalue weighted by atomic mass is 10.0. The van der Waals surface area contributed by atoms with Crippen LogP contribution in [-0.2, 0) is 4.79 Å². The van der Waals surface area contributed by atoms with Gasteiger partial charge in [-0.15, -0.1) is 0 Å². The second-order valence-electron chi connectivity index (χ2n) is 8.41. The first kappa shape index (κ1) is 25.8. The molecule has 1 unspecified atom stereocenters. The maximum Gasteiger partial charge on any atom is 0.311 e. The van der Waals surface area contributed by atoms with E-state index in [0.717, 1.165) is 32.1 Å². The van der Waals surface area contributed by atoms with Crippen LogP contribution in [-0.4, -0.2) is 12.6 Å². The van der Waals surface area contributed by atoms with E-state index >= 15 is 0 Å². The van der Waals surface area contributed by atoms with Crippen molar-refractivity contribution in [1.29, 1.82) is 0 Å². The zero-order chi connectivity index (χ0) is 23.3. The highest BCUT2D eigenvalue weighted by Gasteiger charge is 2.16. The fourth-order valence-corrected chi connectivity index (χ4v) is 3.38. The number of carbonyl (C=O) groups excluding carboxylic acids is 1. The molecule has 32 heavy (non-hydrogen) atoms. The van der Waals surface area contributed by atoms with Crippen molar-refractivity contribution in [3.8, 4) is 22.6 Å². The Bertz CT molecular complexity index is 834. The standard InChI is InChI=1S/C27H36F2O3/c1-4-6-7-8-9-10-19-31-24-17-16-23(26(28)27(24)29)21-12-14-22(15-13-21)32-25(30)18-11-20(3)5-2/h12-17,20H,4-11,18-19H2,1-3H3. The van der Waals surface area contributed by atoms with Crippen LogP contribution in [0.3, 0.4) is 0 Å². The monoisotopic (exact) mass is 446 g/mol. The van der Waals surface area contributed by atoms with Gasteiger partial charge in [-0.25, -0.2) is 4.39 Å². The van der Waals surface area contributed by atoms with Crippen molar-refractivity contribution in [2.24, 2.45) is 5.92 Å². The zero-order valence-electron chi connectivity index (χ0n) is 19.6.